The number of nitrogens with zero attached hydrogens (tertiary/aromatic N) is 3. The van der Waals surface area contributed by atoms with E-state index < -0.39 is 4.92 Å². The van der Waals surface area contributed by atoms with Crippen LogP contribution in [0.5, 0.6) is 0 Å². The van der Waals surface area contributed by atoms with E-state index >= 15 is 0 Å². The van der Waals surface area contributed by atoms with E-state index in [0.29, 0.717) is 46.8 Å². The van der Waals surface area contributed by atoms with E-state index in [9.17, 15) is 14.9 Å². The van der Waals surface area contributed by atoms with Gasteiger partial charge in [0, 0.05) is 36.5 Å². The molecule has 2 saturated heterocycles. The Morgan fingerprint density at radius 3 is 2.55 bits per heavy atom. The van der Waals surface area contributed by atoms with E-state index in [1.165, 1.54) is 28.8 Å². The van der Waals surface area contributed by atoms with Crippen molar-refractivity contribution in [2.75, 3.05) is 36.1 Å². The lowest BCUT2D eigenvalue weighted by molar-refractivity contribution is -0.384. The molecule has 0 saturated carbocycles. The molecule has 2 aromatic rings. The van der Waals surface area contributed by atoms with Gasteiger partial charge in [-0.3, -0.25) is 19.8 Å². The van der Waals surface area contributed by atoms with Gasteiger partial charge in [0.2, 0.25) is 0 Å². The second-order valence-corrected chi connectivity index (χ2v) is 8.13. The first-order valence-electron chi connectivity index (χ1n) is 8.99. The number of ether oxygens (including phenoxy) is 1. The number of hydrogen-bond acceptors (Lipinski definition) is 7. The van der Waals surface area contributed by atoms with E-state index in [0.717, 1.165) is 5.69 Å². The molecule has 4 rings (SSSR count). The van der Waals surface area contributed by atoms with Gasteiger partial charge in [-0.1, -0.05) is 42.2 Å². The van der Waals surface area contributed by atoms with Crippen LogP contribution in [0.4, 0.5) is 17.1 Å². The second-order valence-electron chi connectivity index (χ2n) is 6.45. The largest absolute Gasteiger partial charge is 0.378 e. The minimum Gasteiger partial charge on any atom is -0.378 e. The summed E-state index contributed by atoms with van der Waals surface area (Å²) in [5.74, 6) is -0.231. The number of thioether (sulfide) groups is 1. The van der Waals surface area contributed by atoms with E-state index in [4.69, 9.17) is 17.0 Å². The van der Waals surface area contributed by atoms with Crippen molar-refractivity contribution in [2.24, 2.45) is 0 Å². The number of nitro benzene ring substituents is 1. The maximum Gasteiger partial charge on any atom is 0.270 e. The fraction of sp³-hybridized carbons (Fsp3) is 0.200. The number of benzene rings is 2. The molecule has 2 aromatic carbocycles. The number of hydrogen-bond donors (Lipinski definition) is 0. The molecule has 29 heavy (non-hydrogen) atoms. The van der Waals surface area contributed by atoms with Crippen molar-refractivity contribution in [3.05, 3.63) is 69.1 Å². The average Bonchev–Trinajstić information content (AvgIpc) is 3.02. The molecule has 1 amide bonds. The molecule has 148 valence electrons. The van der Waals surface area contributed by atoms with E-state index in [-0.39, 0.29) is 11.6 Å². The van der Waals surface area contributed by atoms with E-state index in [1.807, 2.05) is 30.3 Å². The number of anilines is 2. The van der Waals surface area contributed by atoms with Crippen LogP contribution in [0.3, 0.4) is 0 Å². The SMILES string of the molecule is O=C1/C(=C\c2cc([N+](=O)[O-])ccc2N2CCOCC2)SC(=S)N1c1ccccc1. The van der Waals surface area contributed by atoms with Gasteiger partial charge in [-0.2, -0.15) is 0 Å². The Hall–Kier alpha value is -2.75. The van der Waals surface area contributed by atoms with Gasteiger partial charge in [0.05, 0.1) is 28.7 Å². The number of carbonyl (C=O) groups is 1. The maximum absolute atomic E-state index is 13.0. The number of para-hydroxylation sites is 1. The van der Waals surface area contributed by atoms with Crippen LogP contribution in [0.25, 0.3) is 6.08 Å². The van der Waals surface area contributed by atoms with Gasteiger partial charge >= 0.3 is 0 Å². The maximum atomic E-state index is 13.0. The molecule has 0 radical (unpaired) electrons. The Labute approximate surface area is 177 Å². The molecule has 0 aromatic heterocycles. The first kappa shape index (κ1) is 19.6. The zero-order valence-electron chi connectivity index (χ0n) is 15.3. The zero-order chi connectivity index (χ0) is 20.4. The second kappa shape index (κ2) is 8.32. The fourth-order valence-corrected chi connectivity index (χ4v) is 4.56. The molecule has 9 heteroatoms. The monoisotopic (exact) mass is 427 g/mol. The standard InChI is InChI=1S/C20H17N3O4S2/c24-19-18(29-20(28)22(19)15-4-2-1-3-5-15)13-14-12-16(23(25)26)6-7-17(14)21-8-10-27-11-9-21/h1-7,12-13H,8-11H2/b18-13+. The van der Waals surface area contributed by atoms with Crippen LogP contribution in [0.1, 0.15) is 5.56 Å². The number of nitro groups is 1. The first-order valence-corrected chi connectivity index (χ1v) is 10.2. The molecule has 7 nitrogen and oxygen atoms in total. The quantitative estimate of drug-likeness (QED) is 0.318. The molecule has 2 aliphatic heterocycles. The fourth-order valence-electron chi connectivity index (χ4n) is 3.27. The molecule has 0 bridgehead atoms. The third-order valence-corrected chi connectivity index (χ3v) is 5.97. The smallest absolute Gasteiger partial charge is 0.270 e. The molecule has 0 spiro atoms. The molecular weight excluding hydrogens is 410 g/mol. The van der Waals surface area contributed by atoms with Crippen LogP contribution in [-0.4, -0.2) is 41.5 Å². The lowest BCUT2D eigenvalue weighted by Gasteiger charge is -2.30. The van der Waals surface area contributed by atoms with Gasteiger partial charge in [-0.15, -0.1) is 0 Å². The minimum atomic E-state index is -0.435. The molecular formula is C20H17N3O4S2. The third-order valence-electron chi connectivity index (χ3n) is 4.67. The van der Waals surface area contributed by atoms with E-state index in [1.54, 1.807) is 12.1 Å². The summed E-state index contributed by atoms with van der Waals surface area (Å²) in [4.78, 5) is 27.9. The highest BCUT2D eigenvalue weighted by molar-refractivity contribution is 8.27. The number of rotatable bonds is 4. The van der Waals surface area contributed by atoms with Crippen LogP contribution in [0, 0.1) is 10.1 Å². The zero-order valence-corrected chi connectivity index (χ0v) is 16.9. The lowest BCUT2D eigenvalue weighted by atomic mass is 10.1. The van der Waals surface area contributed by atoms with Crippen molar-refractivity contribution in [3.8, 4) is 0 Å². The molecule has 0 atom stereocenters. The predicted octanol–water partition coefficient (Wildman–Crippen LogP) is 3.84. The number of morpholine rings is 1. The van der Waals surface area contributed by atoms with Crippen molar-refractivity contribution < 1.29 is 14.5 Å². The van der Waals surface area contributed by atoms with Crippen LogP contribution >= 0.6 is 24.0 Å². The summed E-state index contributed by atoms with van der Waals surface area (Å²) in [6.07, 6.45) is 1.69. The summed E-state index contributed by atoms with van der Waals surface area (Å²) in [5.41, 5.74) is 2.14. The van der Waals surface area contributed by atoms with Gasteiger partial charge in [0.15, 0.2) is 4.32 Å². The summed E-state index contributed by atoms with van der Waals surface area (Å²) in [6.45, 7) is 2.55. The predicted molar refractivity (Wildman–Crippen MR) is 118 cm³/mol. The van der Waals surface area contributed by atoms with Gasteiger partial charge in [-0.25, -0.2) is 0 Å². The number of thiocarbonyl (C=S) groups is 1. The minimum absolute atomic E-state index is 0.0215. The highest BCUT2D eigenvalue weighted by atomic mass is 32.2. The van der Waals surface area contributed by atoms with Crippen LogP contribution in [0.15, 0.2) is 53.4 Å². The summed E-state index contributed by atoms with van der Waals surface area (Å²) in [5, 5.41) is 11.3. The Bertz CT molecular complexity index is 1000. The highest BCUT2D eigenvalue weighted by Gasteiger charge is 2.33. The van der Waals surface area contributed by atoms with Crippen LogP contribution < -0.4 is 9.80 Å². The van der Waals surface area contributed by atoms with Crippen molar-refractivity contribution in [1.82, 2.24) is 0 Å². The van der Waals surface area contributed by atoms with Gasteiger partial charge < -0.3 is 9.64 Å². The first-order chi connectivity index (χ1) is 14.0. The Morgan fingerprint density at radius 2 is 1.86 bits per heavy atom. The summed E-state index contributed by atoms with van der Waals surface area (Å²) in [7, 11) is 0. The van der Waals surface area contributed by atoms with Crippen LogP contribution in [-0.2, 0) is 9.53 Å². The Kier molecular flexibility index (Phi) is 5.61. The molecule has 0 unspecified atom stereocenters. The third kappa shape index (κ3) is 4.02. The van der Waals surface area contributed by atoms with Gasteiger partial charge in [0.25, 0.3) is 11.6 Å². The normalized spacial score (nSPS) is 18.6. The highest BCUT2D eigenvalue weighted by Crippen LogP contribution is 2.38. The molecule has 0 N–H and O–H groups in total. The van der Waals surface area contributed by atoms with Crippen molar-refractivity contribution in [2.45, 2.75) is 0 Å². The van der Waals surface area contributed by atoms with Crippen molar-refractivity contribution in [3.63, 3.8) is 0 Å². The van der Waals surface area contributed by atoms with E-state index in [2.05, 4.69) is 4.90 Å². The molecule has 2 fully saturated rings. The van der Waals surface area contributed by atoms with Gasteiger partial charge in [-0.05, 0) is 24.3 Å². The van der Waals surface area contributed by atoms with Crippen molar-refractivity contribution >= 4 is 57.3 Å². The summed E-state index contributed by atoms with van der Waals surface area (Å²) in [6, 6.07) is 13.9. The number of carbonyl (C=O) groups excluding carboxylic acids is 1. The number of amides is 1. The van der Waals surface area contributed by atoms with Crippen LogP contribution in [0.2, 0.25) is 0 Å². The average molecular weight is 428 g/mol. The Balaban J connectivity index is 1.72. The molecule has 2 aliphatic rings. The molecule has 2 heterocycles. The summed E-state index contributed by atoms with van der Waals surface area (Å²) >= 11 is 6.61. The topological polar surface area (TPSA) is 75.9 Å². The summed E-state index contributed by atoms with van der Waals surface area (Å²) < 4.78 is 5.84. The van der Waals surface area contributed by atoms with Gasteiger partial charge in [0.1, 0.15) is 0 Å². The Morgan fingerprint density at radius 1 is 1.14 bits per heavy atom. The lowest BCUT2D eigenvalue weighted by Crippen LogP contribution is -2.36. The molecule has 0 aliphatic carbocycles. The number of non-ortho nitro benzene ring substituents is 1. The van der Waals surface area contributed by atoms with Crippen molar-refractivity contribution in [1.29, 1.82) is 0 Å².